The molecule has 0 radical (unpaired) electrons. The van der Waals surface area contributed by atoms with Crippen molar-refractivity contribution < 1.29 is 4.74 Å². The molecule has 6 heteroatoms. The standard InChI is InChI=1S/C19H23N5O/c20-19(24-16-8-10-25-17-4-2-1-3-15(16)17)21-9-7-13-11-22-18(23-12-13)14-5-6-14/h1-4,11-12,14,16H,5-10H2,(H3,20,21,24). The fraction of sp³-hybridized carbons (Fsp3) is 0.421. The zero-order chi connectivity index (χ0) is 17.1. The maximum atomic E-state index is 6.06. The maximum absolute atomic E-state index is 6.06. The number of benzene rings is 1. The lowest BCUT2D eigenvalue weighted by Gasteiger charge is -2.26. The van der Waals surface area contributed by atoms with E-state index in [2.05, 4.69) is 26.3 Å². The van der Waals surface area contributed by atoms with Crippen LogP contribution in [0.4, 0.5) is 0 Å². The number of ether oxygens (including phenoxy) is 1. The molecule has 6 nitrogen and oxygen atoms in total. The van der Waals surface area contributed by atoms with Gasteiger partial charge in [-0.15, -0.1) is 0 Å². The molecule has 0 bridgehead atoms. The van der Waals surface area contributed by atoms with Crippen molar-refractivity contribution in [1.29, 1.82) is 0 Å². The lowest BCUT2D eigenvalue weighted by Crippen LogP contribution is -2.37. The molecule has 1 atom stereocenters. The van der Waals surface area contributed by atoms with Crippen LogP contribution in [0.1, 0.15) is 48.2 Å². The highest BCUT2D eigenvalue weighted by atomic mass is 16.5. The van der Waals surface area contributed by atoms with Crippen LogP contribution < -0.4 is 15.8 Å². The highest BCUT2D eigenvalue weighted by Gasteiger charge is 2.26. The lowest BCUT2D eigenvalue weighted by atomic mass is 10.0. The van der Waals surface area contributed by atoms with Gasteiger partial charge in [-0.3, -0.25) is 4.99 Å². The van der Waals surface area contributed by atoms with Gasteiger partial charge in [-0.1, -0.05) is 18.2 Å². The number of nitrogens with zero attached hydrogens (tertiary/aromatic N) is 3. The minimum Gasteiger partial charge on any atom is -0.493 e. The summed E-state index contributed by atoms with van der Waals surface area (Å²) in [5.74, 6) is 2.96. The van der Waals surface area contributed by atoms with E-state index in [-0.39, 0.29) is 6.04 Å². The van der Waals surface area contributed by atoms with Crippen molar-refractivity contribution >= 4 is 5.96 Å². The van der Waals surface area contributed by atoms with Gasteiger partial charge >= 0.3 is 0 Å². The number of rotatable bonds is 5. The van der Waals surface area contributed by atoms with Gasteiger partial charge in [-0.25, -0.2) is 9.97 Å². The van der Waals surface area contributed by atoms with E-state index in [1.807, 2.05) is 30.6 Å². The normalized spacial score (nSPS) is 19.8. The number of aliphatic imine (C=N–C) groups is 1. The topological polar surface area (TPSA) is 85.4 Å². The van der Waals surface area contributed by atoms with E-state index in [0.29, 0.717) is 25.0 Å². The van der Waals surface area contributed by atoms with E-state index in [1.165, 1.54) is 12.8 Å². The molecule has 0 spiro atoms. The minimum absolute atomic E-state index is 0.148. The number of guanidine groups is 1. The van der Waals surface area contributed by atoms with E-state index in [0.717, 1.165) is 35.5 Å². The Kier molecular flexibility index (Phi) is 4.50. The molecular formula is C19H23N5O. The van der Waals surface area contributed by atoms with Crippen molar-refractivity contribution in [3.8, 4) is 5.75 Å². The molecule has 130 valence electrons. The number of hydrogen-bond donors (Lipinski definition) is 2. The molecule has 2 heterocycles. The Morgan fingerprint density at radius 1 is 1.20 bits per heavy atom. The first kappa shape index (κ1) is 15.9. The monoisotopic (exact) mass is 337 g/mol. The lowest BCUT2D eigenvalue weighted by molar-refractivity contribution is 0.262. The molecule has 1 fully saturated rings. The van der Waals surface area contributed by atoms with E-state index in [1.54, 1.807) is 0 Å². The number of para-hydroxylation sites is 1. The zero-order valence-corrected chi connectivity index (χ0v) is 14.2. The predicted molar refractivity (Wildman–Crippen MR) is 96.6 cm³/mol. The first-order valence-electron chi connectivity index (χ1n) is 8.88. The summed E-state index contributed by atoms with van der Waals surface area (Å²) in [5.41, 5.74) is 8.29. The predicted octanol–water partition coefficient (Wildman–Crippen LogP) is 2.32. The van der Waals surface area contributed by atoms with Crippen LogP contribution >= 0.6 is 0 Å². The van der Waals surface area contributed by atoms with Gasteiger partial charge in [0.05, 0.1) is 12.6 Å². The van der Waals surface area contributed by atoms with E-state index < -0.39 is 0 Å². The average molecular weight is 337 g/mol. The summed E-state index contributed by atoms with van der Waals surface area (Å²) in [7, 11) is 0. The van der Waals surface area contributed by atoms with Crippen LogP contribution in [-0.4, -0.2) is 29.1 Å². The number of fused-ring (bicyclic) bond motifs is 1. The van der Waals surface area contributed by atoms with Gasteiger partial charge in [-0.05, 0) is 30.9 Å². The Hall–Kier alpha value is -2.63. The second kappa shape index (κ2) is 7.09. The minimum atomic E-state index is 0.148. The maximum Gasteiger partial charge on any atom is 0.189 e. The molecule has 1 aromatic carbocycles. The molecule has 3 N–H and O–H groups in total. The molecule has 2 aliphatic rings. The molecule has 0 amide bonds. The average Bonchev–Trinajstić information content (AvgIpc) is 3.48. The van der Waals surface area contributed by atoms with Crippen molar-refractivity contribution in [1.82, 2.24) is 15.3 Å². The summed E-state index contributed by atoms with van der Waals surface area (Å²) in [6.07, 6.45) is 7.94. The van der Waals surface area contributed by atoms with Gasteiger partial charge < -0.3 is 15.8 Å². The van der Waals surface area contributed by atoms with Crippen molar-refractivity contribution in [2.24, 2.45) is 10.7 Å². The van der Waals surface area contributed by atoms with Crippen LogP contribution in [0.2, 0.25) is 0 Å². The number of aromatic nitrogens is 2. The van der Waals surface area contributed by atoms with Crippen LogP contribution in [0.15, 0.2) is 41.7 Å². The highest BCUT2D eigenvalue weighted by molar-refractivity contribution is 5.78. The summed E-state index contributed by atoms with van der Waals surface area (Å²) < 4.78 is 5.67. The van der Waals surface area contributed by atoms with Crippen molar-refractivity contribution in [2.75, 3.05) is 13.2 Å². The van der Waals surface area contributed by atoms with Crippen molar-refractivity contribution in [3.63, 3.8) is 0 Å². The Morgan fingerprint density at radius 3 is 2.80 bits per heavy atom. The molecule has 1 aromatic heterocycles. The van der Waals surface area contributed by atoms with Crippen LogP contribution in [0.5, 0.6) is 5.75 Å². The summed E-state index contributed by atoms with van der Waals surface area (Å²) in [4.78, 5) is 13.3. The summed E-state index contributed by atoms with van der Waals surface area (Å²) in [5, 5.41) is 3.31. The summed E-state index contributed by atoms with van der Waals surface area (Å²) in [6.45, 7) is 1.31. The molecule has 4 rings (SSSR count). The van der Waals surface area contributed by atoms with Crippen molar-refractivity contribution in [3.05, 3.63) is 53.6 Å². The number of hydrogen-bond acceptors (Lipinski definition) is 4. The molecule has 1 aliphatic carbocycles. The number of nitrogens with two attached hydrogens (primary N) is 1. The molecular weight excluding hydrogens is 314 g/mol. The summed E-state index contributed by atoms with van der Waals surface area (Å²) in [6, 6.07) is 8.20. The Bertz CT molecular complexity index is 755. The molecule has 1 unspecified atom stereocenters. The first-order chi connectivity index (χ1) is 12.3. The molecule has 1 aliphatic heterocycles. The fourth-order valence-electron chi connectivity index (χ4n) is 3.07. The van der Waals surface area contributed by atoms with Gasteiger partial charge in [0.25, 0.3) is 0 Å². The Balaban J connectivity index is 1.31. The van der Waals surface area contributed by atoms with Gasteiger partial charge in [0, 0.05) is 36.8 Å². The third-order valence-electron chi connectivity index (χ3n) is 4.63. The third-order valence-corrected chi connectivity index (χ3v) is 4.63. The van der Waals surface area contributed by atoms with Crippen LogP contribution in [0, 0.1) is 0 Å². The van der Waals surface area contributed by atoms with E-state index >= 15 is 0 Å². The molecule has 25 heavy (non-hydrogen) atoms. The van der Waals surface area contributed by atoms with Crippen molar-refractivity contribution in [2.45, 2.75) is 37.6 Å². The van der Waals surface area contributed by atoms with Gasteiger partial charge in [0.2, 0.25) is 0 Å². The quantitative estimate of drug-likeness (QED) is 0.646. The zero-order valence-electron chi connectivity index (χ0n) is 14.2. The van der Waals surface area contributed by atoms with Crippen LogP contribution in [0.3, 0.4) is 0 Å². The Morgan fingerprint density at radius 2 is 2.00 bits per heavy atom. The molecule has 0 saturated heterocycles. The second-order valence-corrected chi connectivity index (χ2v) is 6.61. The Labute approximate surface area is 147 Å². The SMILES string of the molecule is NC(=NCCc1cnc(C2CC2)nc1)NC1CCOc2ccccc21. The third kappa shape index (κ3) is 3.90. The van der Waals surface area contributed by atoms with Gasteiger partial charge in [0.15, 0.2) is 5.96 Å². The first-order valence-corrected chi connectivity index (χ1v) is 8.88. The number of nitrogens with one attached hydrogen (secondary N) is 1. The molecule has 2 aromatic rings. The van der Waals surface area contributed by atoms with Gasteiger partial charge in [0.1, 0.15) is 11.6 Å². The van der Waals surface area contributed by atoms with Crippen LogP contribution in [0.25, 0.3) is 0 Å². The van der Waals surface area contributed by atoms with E-state index in [9.17, 15) is 0 Å². The van der Waals surface area contributed by atoms with E-state index in [4.69, 9.17) is 10.5 Å². The summed E-state index contributed by atoms with van der Waals surface area (Å²) >= 11 is 0. The molecule has 1 saturated carbocycles. The van der Waals surface area contributed by atoms with Crippen LogP contribution in [-0.2, 0) is 6.42 Å². The largest absolute Gasteiger partial charge is 0.493 e. The second-order valence-electron chi connectivity index (χ2n) is 6.61. The fourth-order valence-corrected chi connectivity index (χ4v) is 3.07. The van der Waals surface area contributed by atoms with Gasteiger partial charge in [-0.2, -0.15) is 0 Å². The highest BCUT2D eigenvalue weighted by Crippen LogP contribution is 2.37. The smallest absolute Gasteiger partial charge is 0.189 e.